The van der Waals surface area contributed by atoms with Crippen LogP contribution in [-0.2, 0) is 12.8 Å². The molecule has 3 N–H and O–H groups in total. The van der Waals surface area contributed by atoms with E-state index < -0.39 is 0 Å². The molecule has 0 radical (unpaired) electrons. The minimum Gasteiger partial charge on any atom is -0.384 e. The molecule has 3 rings (SSSR count). The number of amidine groups is 1. The molecule has 0 saturated heterocycles. The summed E-state index contributed by atoms with van der Waals surface area (Å²) in [6.07, 6.45) is 8.36. The SMILES string of the molecule is CN(c1nc2c(cc1C(=N)N)CCCC2)C1CCC1. The van der Waals surface area contributed by atoms with Gasteiger partial charge in [-0.3, -0.25) is 5.41 Å². The molecule has 19 heavy (non-hydrogen) atoms. The molecule has 2 aliphatic rings. The van der Waals surface area contributed by atoms with Crippen molar-refractivity contribution in [3.63, 3.8) is 0 Å². The zero-order valence-electron chi connectivity index (χ0n) is 11.6. The molecule has 0 atom stereocenters. The van der Waals surface area contributed by atoms with Gasteiger partial charge in [0.1, 0.15) is 11.7 Å². The highest BCUT2D eigenvalue weighted by atomic mass is 15.2. The lowest BCUT2D eigenvalue weighted by Crippen LogP contribution is -2.39. The van der Waals surface area contributed by atoms with Gasteiger partial charge in [-0.05, 0) is 56.6 Å². The molecule has 4 nitrogen and oxygen atoms in total. The maximum Gasteiger partial charge on any atom is 0.139 e. The van der Waals surface area contributed by atoms with Crippen LogP contribution in [0.5, 0.6) is 0 Å². The van der Waals surface area contributed by atoms with E-state index >= 15 is 0 Å². The number of fused-ring (bicyclic) bond motifs is 1. The summed E-state index contributed by atoms with van der Waals surface area (Å²) in [5.41, 5.74) is 9.09. The summed E-state index contributed by atoms with van der Waals surface area (Å²) in [5, 5.41) is 7.81. The Morgan fingerprint density at radius 1 is 1.32 bits per heavy atom. The van der Waals surface area contributed by atoms with Gasteiger partial charge in [-0.15, -0.1) is 0 Å². The Morgan fingerprint density at radius 3 is 2.68 bits per heavy atom. The zero-order chi connectivity index (χ0) is 13.4. The highest BCUT2D eigenvalue weighted by Crippen LogP contribution is 2.31. The van der Waals surface area contributed by atoms with E-state index in [9.17, 15) is 0 Å². The second-order valence-electron chi connectivity index (χ2n) is 5.78. The van der Waals surface area contributed by atoms with E-state index in [-0.39, 0.29) is 5.84 Å². The third kappa shape index (κ3) is 2.20. The molecule has 102 valence electrons. The molecule has 0 unspecified atom stereocenters. The molecule has 1 saturated carbocycles. The van der Waals surface area contributed by atoms with Gasteiger partial charge in [-0.25, -0.2) is 4.98 Å². The van der Waals surface area contributed by atoms with Crippen LogP contribution in [0.2, 0.25) is 0 Å². The van der Waals surface area contributed by atoms with E-state index in [4.69, 9.17) is 16.1 Å². The first kappa shape index (κ1) is 12.5. The quantitative estimate of drug-likeness (QED) is 0.645. The van der Waals surface area contributed by atoms with Crippen molar-refractivity contribution in [2.75, 3.05) is 11.9 Å². The maximum absolute atomic E-state index is 7.81. The minimum absolute atomic E-state index is 0.141. The van der Waals surface area contributed by atoms with Gasteiger partial charge in [0.05, 0.1) is 5.56 Å². The first-order chi connectivity index (χ1) is 9.16. The second kappa shape index (κ2) is 4.83. The fourth-order valence-electron chi connectivity index (χ4n) is 3.04. The summed E-state index contributed by atoms with van der Waals surface area (Å²) < 4.78 is 0. The number of nitrogens with one attached hydrogen (secondary N) is 1. The summed E-state index contributed by atoms with van der Waals surface area (Å²) >= 11 is 0. The van der Waals surface area contributed by atoms with Gasteiger partial charge in [-0.1, -0.05) is 0 Å². The number of aryl methyl sites for hydroxylation is 2. The maximum atomic E-state index is 7.81. The van der Waals surface area contributed by atoms with Crippen molar-refractivity contribution in [2.24, 2.45) is 5.73 Å². The van der Waals surface area contributed by atoms with Crippen LogP contribution in [0.15, 0.2) is 6.07 Å². The average Bonchev–Trinajstić information content (AvgIpc) is 2.35. The molecule has 4 heteroatoms. The minimum atomic E-state index is 0.141. The highest BCUT2D eigenvalue weighted by molar-refractivity contribution is 6.00. The first-order valence-corrected chi connectivity index (χ1v) is 7.27. The summed E-state index contributed by atoms with van der Waals surface area (Å²) in [4.78, 5) is 7.07. The largest absolute Gasteiger partial charge is 0.384 e. The van der Waals surface area contributed by atoms with Crippen LogP contribution >= 0.6 is 0 Å². The number of rotatable bonds is 3. The van der Waals surface area contributed by atoms with Crippen LogP contribution < -0.4 is 10.6 Å². The topological polar surface area (TPSA) is 66.0 Å². The zero-order valence-corrected chi connectivity index (χ0v) is 11.6. The standard InChI is InChI=1S/C15H22N4/c1-19(11-6-4-7-11)15-12(14(16)17)9-10-5-2-3-8-13(10)18-15/h9,11H,2-8H2,1H3,(H3,16,17). The molecule has 0 amide bonds. The summed E-state index contributed by atoms with van der Waals surface area (Å²) in [6.45, 7) is 0. The van der Waals surface area contributed by atoms with E-state index in [2.05, 4.69) is 18.0 Å². The van der Waals surface area contributed by atoms with Crippen molar-refractivity contribution < 1.29 is 0 Å². The molecule has 0 spiro atoms. The van der Waals surface area contributed by atoms with Crippen molar-refractivity contribution >= 4 is 11.7 Å². The molecular weight excluding hydrogens is 236 g/mol. The van der Waals surface area contributed by atoms with E-state index in [1.165, 1.54) is 43.4 Å². The predicted octanol–water partition coefficient (Wildman–Crippen LogP) is 2.23. The fourth-order valence-corrected chi connectivity index (χ4v) is 3.04. The third-order valence-corrected chi connectivity index (χ3v) is 4.53. The lowest BCUT2D eigenvalue weighted by atomic mass is 9.90. The number of nitrogens with two attached hydrogens (primary N) is 1. The summed E-state index contributed by atoms with van der Waals surface area (Å²) in [6, 6.07) is 2.68. The Labute approximate surface area is 114 Å². The molecule has 0 aromatic carbocycles. The summed E-state index contributed by atoms with van der Waals surface area (Å²) in [5.74, 6) is 1.06. The van der Waals surface area contributed by atoms with Crippen LogP contribution in [0.4, 0.5) is 5.82 Å². The van der Waals surface area contributed by atoms with Gasteiger partial charge in [0.25, 0.3) is 0 Å². The van der Waals surface area contributed by atoms with Gasteiger partial charge in [0.2, 0.25) is 0 Å². The Balaban J connectivity index is 2.02. The van der Waals surface area contributed by atoms with Gasteiger partial charge >= 0.3 is 0 Å². The second-order valence-corrected chi connectivity index (χ2v) is 5.78. The molecule has 1 heterocycles. The van der Waals surface area contributed by atoms with Gasteiger partial charge in [0, 0.05) is 18.8 Å². The number of aromatic nitrogens is 1. The highest BCUT2D eigenvalue weighted by Gasteiger charge is 2.26. The van der Waals surface area contributed by atoms with Crippen molar-refractivity contribution in [3.8, 4) is 0 Å². The van der Waals surface area contributed by atoms with Crippen molar-refractivity contribution in [1.82, 2.24) is 4.98 Å². The number of pyridine rings is 1. The Hall–Kier alpha value is -1.58. The lowest BCUT2D eigenvalue weighted by molar-refractivity contribution is 0.399. The van der Waals surface area contributed by atoms with Crippen molar-refractivity contribution in [2.45, 2.75) is 51.0 Å². The van der Waals surface area contributed by atoms with E-state index in [1.54, 1.807) is 0 Å². The number of hydrogen-bond acceptors (Lipinski definition) is 3. The monoisotopic (exact) mass is 258 g/mol. The molecule has 0 bridgehead atoms. The van der Waals surface area contributed by atoms with E-state index in [0.717, 1.165) is 24.2 Å². The number of hydrogen-bond donors (Lipinski definition) is 2. The van der Waals surface area contributed by atoms with Crippen LogP contribution in [0.3, 0.4) is 0 Å². The third-order valence-electron chi connectivity index (χ3n) is 4.53. The van der Waals surface area contributed by atoms with Gasteiger partial charge < -0.3 is 10.6 Å². The molecule has 2 aliphatic carbocycles. The Bertz CT molecular complexity index is 505. The Morgan fingerprint density at radius 2 is 2.05 bits per heavy atom. The van der Waals surface area contributed by atoms with Crippen LogP contribution in [0.25, 0.3) is 0 Å². The van der Waals surface area contributed by atoms with Gasteiger partial charge in [0.15, 0.2) is 0 Å². The molecule has 0 aliphatic heterocycles. The first-order valence-electron chi connectivity index (χ1n) is 7.27. The van der Waals surface area contributed by atoms with Crippen molar-refractivity contribution in [1.29, 1.82) is 5.41 Å². The van der Waals surface area contributed by atoms with Crippen LogP contribution in [0.1, 0.15) is 48.9 Å². The number of anilines is 1. The molecule has 1 fully saturated rings. The van der Waals surface area contributed by atoms with E-state index in [0.29, 0.717) is 6.04 Å². The summed E-state index contributed by atoms with van der Waals surface area (Å²) in [7, 11) is 2.09. The number of nitrogen functional groups attached to an aromatic ring is 1. The number of nitrogens with zero attached hydrogens (tertiary/aromatic N) is 2. The Kier molecular flexibility index (Phi) is 3.17. The predicted molar refractivity (Wildman–Crippen MR) is 77.9 cm³/mol. The van der Waals surface area contributed by atoms with Crippen LogP contribution in [-0.4, -0.2) is 23.9 Å². The van der Waals surface area contributed by atoms with Gasteiger partial charge in [-0.2, -0.15) is 0 Å². The fraction of sp³-hybridized carbons (Fsp3) is 0.600. The normalized spacial score (nSPS) is 18.6. The molecule has 1 aromatic heterocycles. The molecule has 1 aromatic rings. The average molecular weight is 258 g/mol. The van der Waals surface area contributed by atoms with Crippen molar-refractivity contribution in [3.05, 3.63) is 22.9 Å². The lowest BCUT2D eigenvalue weighted by Gasteiger charge is -2.37. The van der Waals surface area contributed by atoms with E-state index in [1.807, 2.05) is 0 Å². The van der Waals surface area contributed by atoms with Crippen LogP contribution in [0, 0.1) is 5.41 Å². The smallest absolute Gasteiger partial charge is 0.139 e. The molecular formula is C15H22N4.